The average molecular weight is 1040 g/mol. The Labute approximate surface area is 464 Å². The van der Waals surface area contributed by atoms with Crippen LogP contribution in [0.5, 0.6) is 0 Å². The number of hydrogen-bond donors (Lipinski definition) is 0. The lowest BCUT2D eigenvalue weighted by Crippen LogP contribution is -2.04. The molecule has 13 aromatic rings. The van der Waals surface area contributed by atoms with E-state index in [9.17, 15) is 21.0 Å². The third-order valence-electron chi connectivity index (χ3n) is 14.0. The fraction of sp³-hybridized carbons (Fsp3) is 0. The predicted octanol–water partition coefficient (Wildman–Crippen LogP) is 15.0. The lowest BCUT2D eigenvalue weighted by atomic mass is 9.97. The Balaban J connectivity index is 1.10. The summed E-state index contributed by atoms with van der Waals surface area (Å²) in [5.41, 5.74) is 12.7. The summed E-state index contributed by atoms with van der Waals surface area (Å²) in [4.78, 5) is 35.9. The second-order valence-electron chi connectivity index (χ2n) is 19.1. The molecule has 374 valence electrons. The highest BCUT2D eigenvalue weighted by Gasteiger charge is 2.24. The van der Waals surface area contributed by atoms with Gasteiger partial charge in [-0.05, 0) is 113 Å². The molecular weight excluding hydrogens is 997 g/mol. The molecule has 0 radical (unpaired) electrons. The maximum Gasteiger partial charge on any atom is 0.166 e. The van der Waals surface area contributed by atoms with E-state index in [0.29, 0.717) is 90.7 Å². The van der Waals surface area contributed by atoms with Crippen LogP contribution < -0.4 is 0 Å². The van der Waals surface area contributed by atoms with Crippen LogP contribution in [-0.2, 0) is 0 Å². The Bertz CT molecular complexity index is 4490. The van der Waals surface area contributed by atoms with Gasteiger partial charge < -0.3 is 4.57 Å². The zero-order valence-electron chi connectivity index (χ0n) is 42.8. The van der Waals surface area contributed by atoms with Gasteiger partial charge in [0.25, 0.3) is 0 Å². The molecule has 13 rings (SSSR count). The second kappa shape index (κ2) is 20.8. The Morgan fingerprint density at radius 1 is 0.284 bits per heavy atom. The van der Waals surface area contributed by atoms with E-state index in [-0.39, 0.29) is 0 Å². The number of rotatable bonds is 10. The SMILES string of the molecule is N#Cc1cc(C#N)cc(-c2ccc3c(c2)c2cc(-c4cc(C#N)cc(C#N)c4)ccc2n3-c2ccc(-c3nc(-c4ccccc4)nc(-c4ccccc4)n3)cc2-c2ncccc2-c2nc(-c3ccccc3)nc(-c3ccccc3)n2)c1. The molecule has 0 atom stereocenters. The van der Waals surface area contributed by atoms with E-state index in [1.807, 2.05) is 164 Å². The van der Waals surface area contributed by atoms with Crippen molar-refractivity contribution in [3.63, 3.8) is 0 Å². The molecule has 0 saturated heterocycles. The molecule has 0 spiro atoms. The lowest BCUT2D eigenvalue weighted by Gasteiger charge is -2.18. The topological polar surface area (TPSA) is 190 Å². The van der Waals surface area contributed by atoms with Crippen molar-refractivity contribution in [2.45, 2.75) is 0 Å². The Morgan fingerprint density at radius 2 is 0.654 bits per heavy atom. The van der Waals surface area contributed by atoms with Crippen molar-refractivity contribution in [2.75, 3.05) is 0 Å². The van der Waals surface area contributed by atoms with Crippen LogP contribution in [0, 0.1) is 45.3 Å². The van der Waals surface area contributed by atoms with E-state index < -0.39 is 0 Å². The van der Waals surface area contributed by atoms with E-state index in [2.05, 4.69) is 53.1 Å². The normalized spacial score (nSPS) is 10.9. The lowest BCUT2D eigenvalue weighted by molar-refractivity contribution is 1.07. The Morgan fingerprint density at radius 3 is 1.05 bits per heavy atom. The maximum absolute atomic E-state index is 10.0. The quantitative estimate of drug-likeness (QED) is 0.127. The van der Waals surface area contributed by atoms with Gasteiger partial charge in [0, 0.05) is 55.9 Å². The van der Waals surface area contributed by atoms with Gasteiger partial charge in [-0.15, -0.1) is 0 Å². The number of hydrogen-bond acceptors (Lipinski definition) is 11. The smallest absolute Gasteiger partial charge is 0.166 e. The van der Waals surface area contributed by atoms with Crippen LogP contribution in [0.2, 0.25) is 0 Å². The number of nitriles is 4. The first kappa shape index (κ1) is 48.5. The minimum Gasteiger partial charge on any atom is -0.309 e. The van der Waals surface area contributed by atoms with Gasteiger partial charge in [0.05, 0.1) is 68.9 Å². The number of aromatic nitrogens is 8. The van der Waals surface area contributed by atoms with Gasteiger partial charge in [-0.1, -0.05) is 133 Å². The number of pyridine rings is 1. The molecule has 4 aromatic heterocycles. The predicted molar refractivity (Wildman–Crippen MR) is 313 cm³/mol. The Hall–Kier alpha value is -12.1. The van der Waals surface area contributed by atoms with Crippen molar-refractivity contribution in [3.8, 4) is 132 Å². The van der Waals surface area contributed by atoms with E-state index in [0.717, 1.165) is 60.9 Å². The van der Waals surface area contributed by atoms with Crippen molar-refractivity contribution >= 4 is 21.8 Å². The monoisotopic (exact) mass is 1030 g/mol. The number of nitrogens with zero attached hydrogens (tertiary/aromatic N) is 12. The van der Waals surface area contributed by atoms with Crippen LogP contribution in [0.1, 0.15) is 22.3 Å². The molecule has 0 aliphatic heterocycles. The number of fused-ring (bicyclic) bond motifs is 3. The molecule has 9 aromatic carbocycles. The zero-order chi connectivity index (χ0) is 54.8. The largest absolute Gasteiger partial charge is 0.309 e. The summed E-state index contributed by atoms with van der Waals surface area (Å²) < 4.78 is 2.20. The van der Waals surface area contributed by atoms with E-state index in [1.54, 1.807) is 42.6 Å². The van der Waals surface area contributed by atoms with Crippen molar-refractivity contribution in [1.82, 2.24) is 39.5 Å². The van der Waals surface area contributed by atoms with Gasteiger partial charge in [0.1, 0.15) is 0 Å². The minimum atomic E-state index is 0.366. The zero-order valence-corrected chi connectivity index (χ0v) is 42.8. The van der Waals surface area contributed by atoms with Gasteiger partial charge in [0.15, 0.2) is 34.9 Å². The summed E-state index contributed by atoms with van der Waals surface area (Å²) in [5.74, 6) is 2.85. The highest BCUT2D eigenvalue weighted by Crippen LogP contribution is 2.43. The molecule has 0 amide bonds. The molecule has 0 N–H and O–H groups in total. The van der Waals surface area contributed by atoms with Crippen molar-refractivity contribution in [1.29, 1.82) is 21.0 Å². The van der Waals surface area contributed by atoms with E-state index >= 15 is 0 Å². The van der Waals surface area contributed by atoms with Gasteiger partial charge in [0.2, 0.25) is 0 Å². The molecule has 4 heterocycles. The molecule has 81 heavy (non-hydrogen) atoms. The highest BCUT2D eigenvalue weighted by atomic mass is 15.1. The molecule has 0 aliphatic rings. The summed E-state index contributed by atoms with van der Waals surface area (Å²) in [7, 11) is 0. The second-order valence-corrected chi connectivity index (χ2v) is 19.1. The summed E-state index contributed by atoms with van der Waals surface area (Å²) in [6, 6.07) is 80.7. The van der Waals surface area contributed by atoms with E-state index in [4.69, 9.17) is 34.9 Å². The van der Waals surface area contributed by atoms with Gasteiger partial charge in [-0.3, -0.25) is 4.98 Å². The first-order valence-electron chi connectivity index (χ1n) is 25.8. The molecule has 0 saturated carbocycles. The summed E-state index contributed by atoms with van der Waals surface area (Å²) in [6.07, 6.45) is 1.76. The van der Waals surface area contributed by atoms with Crippen LogP contribution in [-0.4, -0.2) is 39.5 Å². The molecule has 12 heteroatoms. The summed E-state index contributed by atoms with van der Waals surface area (Å²) in [6.45, 7) is 0. The summed E-state index contributed by atoms with van der Waals surface area (Å²) in [5, 5.41) is 41.8. The van der Waals surface area contributed by atoms with Crippen molar-refractivity contribution in [3.05, 3.63) is 253 Å². The van der Waals surface area contributed by atoms with Crippen LogP contribution in [0.4, 0.5) is 0 Å². The van der Waals surface area contributed by atoms with Crippen LogP contribution in [0.3, 0.4) is 0 Å². The van der Waals surface area contributed by atoms with E-state index in [1.165, 1.54) is 0 Å². The average Bonchev–Trinajstić information content (AvgIpc) is 3.98. The van der Waals surface area contributed by atoms with Gasteiger partial charge in [-0.2, -0.15) is 21.0 Å². The fourth-order valence-corrected chi connectivity index (χ4v) is 10.2. The Kier molecular flexibility index (Phi) is 12.5. The first-order valence-corrected chi connectivity index (χ1v) is 25.8. The highest BCUT2D eigenvalue weighted by molar-refractivity contribution is 6.12. The molecule has 0 unspecified atom stereocenters. The molecular formula is C69H38N12. The summed E-state index contributed by atoms with van der Waals surface area (Å²) >= 11 is 0. The fourth-order valence-electron chi connectivity index (χ4n) is 10.2. The van der Waals surface area contributed by atoms with Crippen LogP contribution in [0.25, 0.3) is 129 Å². The van der Waals surface area contributed by atoms with Crippen molar-refractivity contribution < 1.29 is 0 Å². The molecule has 0 aliphatic carbocycles. The molecule has 12 nitrogen and oxygen atoms in total. The molecule has 0 fully saturated rings. The van der Waals surface area contributed by atoms with Gasteiger partial charge >= 0.3 is 0 Å². The van der Waals surface area contributed by atoms with Crippen molar-refractivity contribution in [2.24, 2.45) is 0 Å². The van der Waals surface area contributed by atoms with Gasteiger partial charge in [-0.25, -0.2) is 29.9 Å². The molecule has 0 bridgehead atoms. The van der Waals surface area contributed by atoms with Crippen LogP contribution >= 0.6 is 0 Å². The standard InChI is InChI=1S/C69H38N12/c70-39-43-30-44(40-71)33-54(32-43)51-23-26-60-57(36-51)58-37-52(55-34-45(41-72)31-46(35-55)42-73)24-27-61(58)81(60)62-28-25-53(68-77-64(47-14-5-1-6-15-47)75-65(78-68)48-16-7-2-8-17-48)38-59(62)63-56(22-13-29-74-63)69-79-66(49-18-9-3-10-19-49)76-67(80-69)50-20-11-4-12-21-50/h1-38H. The third-order valence-corrected chi connectivity index (χ3v) is 14.0. The maximum atomic E-state index is 10.0. The minimum absolute atomic E-state index is 0.366. The first-order chi connectivity index (χ1) is 39.9. The van der Waals surface area contributed by atoms with Crippen LogP contribution in [0.15, 0.2) is 231 Å². The third kappa shape index (κ3) is 9.32. The number of benzene rings is 9.